The lowest BCUT2D eigenvalue weighted by molar-refractivity contribution is 0.0633. The molecule has 2 aliphatic rings. The van der Waals surface area contributed by atoms with Gasteiger partial charge in [-0.1, -0.05) is 17.7 Å². The van der Waals surface area contributed by atoms with Crippen molar-refractivity contribution in [2.45, 2.75) is 38.6 Å². The van der Waals surface area contributed by atoms with Crippen molar-refractivity contribution in [2.24, 2.45) is 5.92 Å². The first-order chi connectivity index (χ1) is 13.7. The Morgan fingerprint density at radius 3 is 2.75 bits per heavy atom. The highest BCUT2D eigenvalue weighted by Crippen LogP contribution is 2.24. The van der Waals surface area contributed by atoms with E-state index in [1.165, 1.54) is 30.6 Å². The second kappa shape index (κ2) is 8.96. The van der Waals surface area contributed by atoms with Crippen LogP contribution in [-0.4, -0.2) is 69.2 Å². The average Bonchev–Trinajstić information content (AvgIpc) is 3.44. The van der Waals surface area contributed by atoms with E-state index >= 15 is 0 Å². The fourth-order valence-electron chi connectivity index (χ4n) is 4.09. The predicted octanol–water partition coefficient (Wildman–Crippen LogP) is 2.56. The Bertz CT molecular complexity index is 797. The van der Waals surface area contributed by atoms with Crippen LogP contribution in [0.15, 0.2) is 23.7 Å². The van der Waals surface area contributed by atoms with Crippen molar-refractivity contribution in [2.75, 3.05) is 32.7 Å². The van der Waals surface area contributed by atoms with Crippen LogP contribution in [-0.2, 0) is 6.54 Å². The number of rotatable bonds is 6. The number of ketones is 1. The number of likely N-dealkylation sites (tertiary alicyclic amines) is 2. The van der Waals surface area contributed by atoms with Gasteiger partial charge in [-0.3, -0.25) is 14.3 Å². The van der Waals surface area contributed by atoms with E-state index in [0.29, 0.717) is 18.8 Å². The zero-order valence-electron chi connectivity index (χ0n) is 16.1. The van der Waals surface area contributed by atoms with Gasteiger partial charge in [0, 0.05) is 25.6 Å². The van der Waals surface area contributed by atoms with Gasteiger partial charge in [-0.05, 0) is 50.2 Å². The van der Waals surface area contributed by atoms with Crippen LogP contribution in [0.1, 0.15) is 52.3 Å². The number of amides is 1. The first-order valence-corrected chi connectivity index (χ1v) is 11.1. The molecule has 1 atom stereocenters. The van der Waals surface area contributed by atoms with Gasteiger partial charge in [-0.25, -0.2) is 0 Å². The lowest BCUT2D eigenvalue weighted by Gasteiger charge is -2.31. The Kier molecular flexibility index (Phi) is 6.17. The molecule has 4 heterocycles. The van der Waals surface area contributed by atoms with Crippen LogP contribution in [0.25, 0.3) is 0 Å². The molecule has 0 radical (unpaired) electrons. The smallest absolute Gasteiger partial charge is 0.276 e. The number of thiophene rings is 1. The third kappa shape index (κ3) is 4.50. The second-order valence-electron chi connectivity index (χ2n) is 7.70. The Morgan fingerprint density at radius 2 is 1.96 bits per heavy atom. The Labute approximate surface area is 169 Å². The zero-order valence-corrected chi connectivity index (χ0v) is 16.9. The molecule has 2 aromatic rings. The standard InChI is InChI=1S/C20H27N5O2S/c26-19(18-7-5-13-28-18)16-6-4-10-24(14-16)20(27)17-15-25(22-21-17)12-11-23-8-2-1-3-9-23/h5,7,13,15-16H,1-4,6,8-12,14H2/t16-/m0/s1. The molecule has 2 saturated heterocycles. The minimum Gasteiger partial charge on any atom is -0.336 e. The number of aromatic nitrogens is 3. The van der Waals surface area contributed by atoms with Gasteiger partial charge in [-0.15, -0.1) is 16.4 Å². The minimum atomic E-state index is -0.120. The van der Waals surface area contributed by atoms with Gasteiger partial charge in [-0.2, -0.15) is 0 Å². The van der Waals surface area contributed by atoms with E-state index in [1.54, 1.807) is 15.8 Å². The van der Waals surface area contributed by atoms with Crippen molar-refractivity contribution >= 4 is 23.0 Å². The zero-order chi connectivity index (χ0) is 19.3. The van der Waals surface area contributed by atoms with Gasteiger partial charge in [0.2, 0.25) is 0 Å². The fourth-order valence-corrected chi connectivity index (χ4v) is 4.83. The van der Waals surface area contributed by atoms with E-state index in [1.807, 2.05) is 17.5 Å². The van der Waals surface area contributed by atoms with Crippen LogP contribution in [0.5, 0.6) is 0 Å². The fraction of sp³-hybridized carbons (Fsp3) is 0.600. The van der Waals surface area contributed by atoms with Crippen LogP contribution >= 0.6 is 11.3 Å². The summed E-state index contributed by atoms with van der Waals surface area (Å²) in [6.45, 7) is 5.13. The van der Waals surface area contributed by atoms with E-state index in [9.17, 15) is 9.59 Å². The molecule has 2 aliphatic heterocycles. The average molecular weight is 402 g/mol. The van der Waals surface area contributed by atoms with E-state index in [4.69, 9.17) is 0 Å². The Morgan fingerprint density at radius 1 is 1.11 bits per heavy atom. The second-order valence-corrected chi connectivity index (χ2v) is 8.65. The largest absolute Gasteiger partial charge is 0.336 e. The summed E-state index contributed by atoms with van der Waals surface area (Å²) in [5.41, 5.74) is 0.378. The lowest BCUT2D eigenvalue weighted by atomic mass is 9.93. The van der Waals surface area contributed by atoms with E-state index in [2.05, 4.69) is 15.2 Å². The summed E-state index contributed by atoms with van der Waals surface area (Å²) in [5.74, 6) is -0.0870. The van der Waals surface area contributed by atoms with Crippen molar-refractivity contribution in [3.8, 4) is 0 Å². The number of hydrogen-bond acceptors (Lipinski definition) is 6. The van der Waals surface area contributed by atoms with Crippen molar-refractivity contribution in [1.29, 1.82) is 0 Å². The van der Waals surface area contributed by atoms with Gasteiger partial charge >= 0.3 is 0 Å². The van der Waals surface area contributed by atoms with Crippen LogP contribution in [0.2, 0.25) is 0 Å². The summed E-state index contributed by atoms with van der Waals surface area (Å²) in [4.78, 5) is 30.5. The molecule has 150 valence electrons. The molecule has 0 saturated carbocycles. The van der Waals surface area contributed by atoms with Gasteiger partial charge in [0.25, 0.3) is 5.91 Å². The minimum absolute atomic E-state index is 0.118. The first kappa shape index (κ1) is 19.3. The van der Waals surface area contributed by atoms with Gasteiger partial charge in [0.05, 0.1) is 17.6 Å². The molecule has 0 aromatic carbocycles. The molecule has 0 aliphatic carbocycles. The molecule has 2 fully saturated rings. The van der Waals surface area contributed by atoms with Crippen molar-refractivity contribution in [1.82, 2.24) is 24.8 Å². The maximum absolute atomic E-state index is 12.9. The van der Waals surface area contributed by atoms with Crippen LogP contribution in [0.3, 0.4) is 0 Å². The molecule has 8 heteroatoms. The molecule has 0 bridgehead atoms. The molecule has 2 aromatic heterocycles. The molecule has 1 amide bonds. The summed E-state index contributed by atoms with van der Waals surface area (Å²) in [6.07, 6.45) is 7.28. The van der Waals surface area contributed by atoms with Gasteiger partial charge in [0.15, 0.2) is 11.5 Å². The summed E-state index contributed by atoms with van der Waals surface area (Å²) >= 11 is 1.47. The molecule has 0 spiro atoms. The number of Topliss-reactive ketones (excluding diaryl/α,β-unsaturated/α-hetero) is 1. The number of nitrogens with zero attached hydrogens (tertiary/aromatic N) is 5. The van der Waals surface area contributed by atoms with Crippen molar-refractivity contribution in [3.63, 3.8) is 0 Å². The highest BCUT2D eigenvalue weighted by atomic mass is 32.1. The SMILES string of the molecule is O=C(c1cccs1)[C@H]1CCCN(C(=O)c2cn(CCN3CCCCC3)nn2)C1. The number of piperidine rings is 2. The molecule has 0 N–H and O–H groups in total. The normalized spacial score (nSPS) is 21.0. The van der Waals surface area contributed by atoms with Crippen molar-refractivity contribution < 1.29 is 9.59 Å². The highest BCUT2D eigenvalue weighted by molar-refractivity contribution is 7.12. The van der Waals surface area contributed by atoms with E-state index in [-0.39, 0.29) is 17.6 Å². The van der Waals surface area contributed by atoms with Gasteiger partial charge < -0.3 is 9.80 Å². The molecular weight excluding hydrogens is 374 g/mol. The topological polar surface area (TPSA) is 71.3 Å². The molecular formula is C20H27N5O2S. The molecule has 0 unspecified atom stereocenters. The number of carbonyl (C=O) groups excluding carboxylic acids is 2. The summed E-state index contributed by atoms with van der Waals surface area (Å²) in [6, 6.07) is 3.76. The van der Waals surface area contributed by atoms with E-state index < -0.39 is 0 Å². The monoisotopic (exact) mass is 401 g/mol. The van der Waals surface area contributed by atoms with E-state index in [0.717, 1.165) is 43.9 Å². The summed E-state index contributed by atoms with van der Waals surface area (Å²) in [7, 11) is 0. The molecule has 4 rings (SSSR count). The van der Waals surface area contributed by atoms with Crippen LogP contribution in [0.4, 0.5) is 0 Å². The molecule has 7 nitrogen and oxygen atoms in total. The number of hydrogen-bond donors (Lipinski definition) is 0. The predicted molar refractivity (Wildman–Crippen MR) is 108 cm³/mol. The number of carbonyl (C=O) groups is 2. The van der Waals surface area contributed by atoms with Crippen LogP contribution in [0, 0.1) is 5.92 Å². The third-order valence-corrected chi connectivity index (χ3v) is 6.58. The third-order valence-electron chi connectivity index (χ3n) is 5.70. The molecule has 28 heavy (non-hydrogen) atoms. The Hall–Kier alpha value is -2.06. The first-order valence-electron chi connectivity index (χ1n) is 10.2. The van der Waals surface area contributed by atoms with Crippen LogP contribution < -0.4 is 0 Å². The highest BCUT2D eigenvalue weighted by Gasteiger charge is 2.30. The quantitative estimate of drug-likeness (QED) is 0.696. The van der Waals surface area contributed by atoms with Gasteiger partial charge in [0.1, 0.15) is 0 Å². The maximum Gasteiger partial charge on any atom is 0.276 e. The summed E-state index contributed by atoms with van der Waals surface area (Å²) in [5, 5.41) is 10.2. The lowest BCUT2D eigenvalue weighted by Crippen LogP contribution is -2.42. The Balaban J connectivity index is 1.33. The summed E-state index contributed by atoms with van der Waals surface area (Å²) < 4.78 is 1.76. The van der Waals surface area contributed by atoms with Crippen molar-refractivity contribution in [3.05, 3.63) is 34.3 Å². The maximum atomic E-state index is 12.9.